The highest BCUT2D eigenvalue weighted by Gasteiger charge is 2.08. The van der Waals surface area contributed by atoms with E-state index in [9.17, 15) is 10.1 Å². The summed E-state index contributed by atoms with van der Waals surface area (Å²) in [7, 11) is 0. The summed E-state index contributed by atoms with van der Waals surface area (Å²) in [6.07, 6.45) is 1.86. The molecule has 0 fully saturated rings. The molecule has 5 heteroatoms. The second-order valence-corrected chi connectivity index (χ2v) is 4.14. The molecular formula is C12H15ClN2O2. The van der Waals surface area contributed by atoms with Gasteiger partial charge in [-0.2, -0.15) is 0 Å². The van der Waals surface area contributed by atoms with Gasteiger partial charge in [-0.15, -0.1) is 0 Å². The number of nitrogens with zero attached hydrogens (tertiary/aromatic N) is 1. The van der Waals surface area contributed by atoms with Crippen LogP contribution in [0.5, 0.6) is 0 Å². The van der Waals surface area contributed by atoms with E-state index in [2.05, 4.69) is 5.32 Å². The molecule has 17 heavy (non-hydrogen) atoms. The third-order valence-corrected chi connectivity index (χ3v) is 2.59. The number of hydrogen-bond donors (Lipinski definition) is 1. The van der Waals surface area contributed by atoms with Crippen molar-refractivity contribution in [2.75, 3.05) is 13.1 Å². The van der Waals surface area contributed by atoms with E-state index in [1.54, 1.807) is 6.07 Å². The Balaban J connectivity index is 2.96. The smallest absolute Gasteiger partial charge is 0.270 e. The fourth-order valence-corrected chi connectivity index (χ4v) is 1.57. The van der Waals surface area contributed by atoms with Crippen molar-refractivity contribution in [3.63, 3.8) is 0 Å². The summed E-state index contributed by atoms with van der Waals surface area (Å²) in [6, 6.07) is 4.43. The van der Waals surface area contributed by atoms with E-state index >= 15 is 0 Å². The molecule has 0 atom stereocenters. The first-order chi connectivity index (χ1) is 8.04. The first-order valence-electron chi connectivity index (χ1n) is 5.36. The zero-order chi connectivity index (χ0) is 12.8. The highest BCUT2D eigenvalue weighted by molar-refractivity contribution is 6.32. The van der Waals surface area contributed by atoms with Crippen LogP contribution in [0.2, 0.25) is 5.02 Å². The predicted molar refractivity (Wildman–Crippen MR) is 70.3 cm³/mol. The summed E-state index contributed by atoms with van der Waals surface area (Å²) in [5.74, 6) is 0. The molecule has 0 aliphatic carbocycles. The van der Waals surface area contributed by atoms with Crippen molar-refractivity contribution in [3.05, 3.63) is 44.5 Å². The van der Waals surface area contributed by atoms with Crippen molar-refractivity contribution < 1.29 is 4.92 Å². The van der Waals surface area contributed by atoms with Crippen molar-refractivity contribution in [3.8, 4) is 0 Å². The molecule has 0 aliphatic rings. The maximum absolute atomic E-state index is 10.7. The normalized spacial score (nSPS) is 11.6. The molecule has 1 rings (SSSR count). The molecule has 4 nitrogen and oxygen atoms in total. The molecule has 92 valence electrons. The van der Waals surface area contributed by atoms with Gasteiger partial charge in [-0.3, -0.25) is 10.1 Å². The molecule has 0 spiro atoms. The molecule has 1 aromatic carbocycles. The van der Waals surface area contributed by atoms with Crippen LogP contribution in [0.25, 0.3) is 6.08 Å². The van der Waals surface area contributed by atoms with Gasteiger partial charge in [-0.05, 0) is 25.1 Å². The number of nitro groups is 1. The fraction of sp³-hybridized carbons (Fsp3) is 0.333. The third-order valence-electron chi connectivity index (χ3n) is 2.25. The van der Waals surface area contributed by atoms with Crippen LogP contribution < -0.4 is 5.32 Å². The van der Waals surface area contributed by atoms with E-state index in [-0.39, 0.29) is 5.69 Å². The molecule has 0 unspecified atom stereocenters. The summed E-state index contributed by atoms with van der Waals surface area (Å²) in [5.41, 5.74) is 1.81. The molecule has 0 aliphatic heterocycles. The number of nitrogens with one attached hydrogen (secondary N) is 1. The van der Waals surface area contributed by atoms with Gasteiger partial charge in [-0.1, -0.05) is 30.2 Å². The number of halogens is 1. The predicted octanol–water partition coefficient (Wildman–Crippen LogP) is 3.26. The van der Waals surface area contributed by atoms with Gasteiger partial charge in [0.15, 0.2) is 0 Å². The van der Waals surface area contributed by atoms with Gasteiger partial charge in [-0.25, -0.2) is 0 Å². The van der Waals surface area contributed by atoms with Gasteiger partial charge in [0.1, 0.15) is 0 Å². The maximum Gasteiger partial charge on any atom is 0.270 e. The van der Waals surface area contributed by atoms with Crippen molar-refractivity contribution in [1.82, 2.24) is 5.32 Å². The van der Waals surface area contributed by atoms with E-state index < -0.39 is 4.92 Å². The lowest BCUT2D eigenvalue weighted by Crippen LogP contribution is -2.14. The van der Waals surface area contributed by atoms with Crippen LogP contribution in [0.3, 0.4) is 0 Å². The monoisotopic (exact) mass is 254 g/mol. The van der Waals surface area contributed by atoms with E-state index in [1.807, 2.05) is 19.9 Å². The van der Waals surface area contributed by atoms with Crippen molar-refractivity contribution in [1.29, 1.82) is 0 Å². The topological polar surface area (TPSA) is 55.2 Å². The average Bonchev–Trinajstić information content (AvgIpc) is 2.29. The largest absolute Gasteiger partial charge is 0.313 e. The van der Waals surface area contributed by atoms with Gasteiger partial charge in [0.05, 0.1) is 4.92 Å². The Bertz CT molecular complexity index is 444. The zero-order valence-electron chi connectivity index (χ0n) is 9.87. The number of benzene rings is 1. The summed E-state index contributed by atoms with van der Waals surface area (Å²) < 4.78 is 0. The van der Waals surface area contributed by atoms with E-state index in [1.165, 1.54) is 12.1 Å². The highest BCUT2D eigenvalue weighted by Crippen LogP contribution is 2.24. The van der Waals surface area contributed by atoms with Crippen LogP contribution in [0.15, 0.2) is 23.8 Å². The van der Waals surface area contributed by atoms with Crippen LogP contribution in [0.1, 0.15) is 19.4 Å². The minimum atomic E-state index is -0.423. The molecule has 1 aromatic rings. The third kappa shape index (κ3) is 4.17. The fourth-order valence-electron chi connectivity index (χ4n) is 1.39. The minimum absolute atomic E-state index is 0.0527. The van der Waals surface area contributed by atoms with Crippen molar-refractivity contribution in [2.45, 2.75) is 13.8 Å². The van der Waals surface area contributed by atoms with Crippen LogP contribution >= 0.6 is 11.6 Å². The Hall–Kier alpha value is -1.39. The summed E-state index contributed by atoms with van der Waals surface area (Å²) in [4.78, 5) is 10.2. The lowest BCUT2D eigenvalue weighted by Gasteiger charge is -2.03. The number of rotatable bonds is 5. The van der Waals surface area contributed by atoms with Crippen LogP contribution in [-0.2, 0) is 0 Å². The molecule has 0 amide bonds. The molecular weight excluding hydrogens is 240 g/mol. The molecule has 1 N–H and O–H groups in total. The maximum atomic E-state index is 10.7. The standard InChI is InChI=1S/C12H15ClN2O2/c1-3-14-8-9(2)6-10-7-11(15(16)17)4-5-12(10)13/h4-7,14H,3,8H2,1-2H3. The van der Waals surface area contributed by atoms with Crippen LogP contribution in [-0.4, -0.2) is 18.0 Å². The first kappa shape index (κ1) is 13.7. The van der Waals surface area contributed by atoms with Crippen LogP contribution in [0.4, 0.5) is 5.69 Å². The second kappa shape index (κ2) is 6.37. The SMILES string of the molecule is CCNCC(C)=Cc1cc([N+](=O)[O-])ccc1Cl. The molecule has 0 heterocycles. The second-order valence-electron chi connectivity index (χ2n) is 3.73. The van der Waals surface area contributed by atoms with Crippen molar-refractivity contribution >= 4 is 23.4 Å². The summed E-state index contributed by atoms with van der Waals surface area (Å²) in [5, 5.41) is 14.4. The van der Waals surface area contributed by atoms with E-state index in [0.29, 0.717) is 10.6 Å². The van der Waals surface area contributed by atoms with Gasteiger partial charge >= 0.3 is 0 Å². The van der Waals surface area contributed by atoms with Crippen molar-refractivity contribution in [2.24, 2.45) is 0 Å². The summed E-state index contributed by atoms with van der Waals surface area (Å²) >= 11 is 5.99. The lowest BCUT2D eigenvalue weighted by atomic mass is 10.1. The lowest BCUT2D eigenvalue weighted by molar-refractivity contribution is -0.384. The van der Waals surface area contributed by atoms with Gasteiger partial charge in [0.25, 0.3) is 5.69 Å². The first-order valence-corrected chi connectivity index (χ1v) is 5.74. The Morgan fingerprint density at radius 3 is 2.88 bits per heavy atom. The summed E-state index contributed by atoms with van der Waals surface area (Å²) in [6.45, 7) is 5.61. The van der Waals surface area contributed by atoms with Gasteiger partial charge < -0.3 is 5.32 Å². The highest BCUT2D eigenvalue weighted by atomic mass is 35.5. The number of likely N-dealkylation sites (N-methyl/N-ethyl adjacent to an activating group) is 1. The Kier molecular flexibility index (Phi) is 5.12. The Labute approximate surface area is 105 Å². The number of non-ortho nitro benzene ring substituents is 1. The number of nitro benzene ring substituents is 1. The van der Waals surface area contributed by atoms with E-state index in [0.717, 1.165) is 18.7 Å². The van der Waals surface area contributed by atoms with Crippen LogP contribution in [0, 0.1) is 10.1 Å². The average molecular weight is 255 g/mol. The number of hydrogen-bond acceptors (Lipinski definition) is 3. The Morgan fingerprint density at radius 1 is 1.59 bits per heavy atom. The zero-order valence-corrected chi connectivity index (χ0v) is 10.6. The quantitative estimate of drug-likeness (QED) is 0.648. The Morgan fingerprint density at radius 2 is 2.29 bits per heavy atom. The molecule has 0 radical (unpaired) electrons. The molecule has 0 saturated heterocycles. The van der Waals surface area contributed by atoms with Gasteiger partial charge in [0, 0.05) is 23.7 Å². The van der Waals surface area contributed by atoms with Gasteiger partial charge in [0.2, 0.25) is 0 Å². The molecule has 0 aromatic heterocycles. The minimum Gasteiger partial charge on any atom is -0.313 e. The molecule has 0 bridgehead atoms. The van der Waals surface area contributed by atoms with E-state index in [4.69, 9.17) is 11.6 Å². The molecule has 0 saturated carbocycles.